The Morgan fingerprint density at radius 1 is 1.04 bits per heavy atom. The van der Waals surface area contributed by atoms with Crippen LogP contribution in [0.1, 0.15) is 17.0 Å². The predicted molar refractivity (Wildman–Crippen MR) is 79.1 cm³/mol. The molecule has 0 amide bonds. The van der Waals surface area contributed by atoms with Crippen LogP contribution in [0.5, 0.6) is 0 Å². The number of benzene rings is 1. The molecule has 5 nitrogen and oxygen atoms in total. The molecule has 2 heterocycles. The van der Waals surface area contributed by atoms with Crippen LogP contribution >= 0.6 is 0 Å². The highest BCUT2D eigenvalue weighted by atomic mass is 19.4. The molecule has 0 fully saturated rings. The molecule has 0 atom stereocenters. The number of rotatable bonds is 3. The van der Waals surface area contributed by atoms with E-state index in [1.807, 2.05) is 31.2 Å². The monoisotopic (exact) mass is 321 g/mol. The highest BCUT2D eigenvalue weighted by Gasteiger charge is 2.37. The summed E-state index contributed by atoms with van der Waals surface area (Å²) in [6, 6.07) is 11.0. The van der Waals surface area contributed by atoms with Crippen LogP contribution in [0.3, 0.4) is 0 Å². The zero-order chi connectivity index (χ0) is 16.6. The quantitative estimate of drug-likeness (QED) is 0.744. The Bertz CT molecular complexity index is 823. The maximum atomic E-state index is 12.9. The topological polar surface area (TPSA) is 46.3 Å². The molecule has 0 saturated heterocycles. The van der Waals surface area contributed by atoms with Crippen LogP contribution in [0, 0.1) is 6.92 Å². The molecule has 3 aromatic rings. The number of nitrogens with zero attached hydrogens (tertiary/aromatic N) is 5. The number of anilines is 1. The van der Waals surface area contributed by atoms with Gasteiger partial charge < -0.3 is 4.90 Å². The summed E-state index contributed by atoms with van der Waals surface area (Å²) in [5, 5.41) is 10.7. The highest BCUT2D eigenvalue weighted by molar-refractivity contribution is 5.46. The number of aromatic nitrogens is 4. The number of alkyl halides is 3. The van der Waals surface area contributed by atoms with Gasteiger partial charge in [-0.2, -0.15) is 17.7 Å². The summed E-state index contributed by atoms with van der Waals surface area (Å²) in [6.45, 7) is 2.52. The van der Waals surface area contributed by atoms with Gasteiger partial charge in [0.25, 0.3) is 5.82 Å². The Morgan fingerprint density at radius 3 is 2.39 bits per heavy atom. The van der Waals surface area contributed by atoms with E-state index in [2.05, 4.69) is 15.3 Å². The number of halogens is 3. The second kappa shape index (κ2) is 5.53. The predicted octanol–water partition coefficient (Wildman–Crippen LogP) is 3.09. The number of hydrogen-bond acceptors (Lipinski definition) is 4. The zero-order valence-corrected chi connectivity index (χ0v) is 12.5. The number of hydrogen-bond donors (Lipinski definition) is 0. The van der Waals surface area contributed by atoms with Gasteiger partial charge in [0.1, 0.15) is 5.82 Å². The van der Waals surface area contributed by atoms with Crippen LogP contribution in [0.25, 0.3) is 5.65 Å². The van der Waals surface area contributed by atoms with Crippen LogP contribution in [0.2, 0.25) is 0 Å². The SMILES string of the molecule is Cc1ccc(CN(C)c2ccc3nnc(C(F)(F)F)n3n2)cc1. The molecule has 0 saturated carbocycles. The lowest BCUT2D eigenvalue weighted by molar-refractivity contribution is -0.146. The standard InChI is InChI=1S/C15H14F3N5/c1-10-3-5-11(6-4-10)9-22(2)13-8-7-12-19-20-14(15(16,17)18)23(12)21-13/h3-8H,9H2,1-2H3. The third-order valence-corrected chi connectivity index (χ3v) is 3.43. The molecule has 0 radical (unpaired) electrons. The molecule has 0 aliphatic rings. The van der Waals surface area contributed by atoms with E-state index in [4.69, 9.17) is 0 Å². The van der Waals surface area contributed by atoms with Crippen molar-refractivity contribution in [2.75, 3.05) is 11.9 Å². The van der Waals surface area contributed by atoms with E-state index in [1.54, 1.807) is 18.0 Å². The lowest BCUT2D eigenvalue weighted by Crippen LogP contribution is -2.20. The zero-order valence-electron chi connectivity index (χ0n) is 12.5. The van der Waals surface area contributed by atoms with Gasteiger partial charge in [0.2, 0.25) is 0 Å². The first-order valence-electron chi connectivity index (χ1n) is 6.91. The molecule has 0 bridgehead atoms. The molecule has 0 aliphatic carbocycles. The smallest absolute Gasteiger partial charge is 0.354 e. The molecule has 0 unspecified atom stereocenters. The first kappa shape index (κ1) is 15.3. The summed E-state index contributed by atoms with van der Waals surface area (Å²) in [5.41, 5.74) is 2.25. The van der Waals surface area contributed by atoms with Crippen LogP contribution < -0.4 is 4.90 Å². The third kappa shape index (κ3) is 3.10. The molecule has 0 aliphatic heterocycles. The van der Waals surface area contributed by atoms with Gasteiger partial charge in [-0.3, -0.25) is 0 Å². The highest BCUT2D eigenvalue weighted by Crippen LogP contribution is 2.27. The molecule has 8 heteroatoms. The van der Waals surface area contributed by atoms with Gasteiger partial charge in [-0.05, 0) is 24.6 Å². The fourth-order valence-corrected chi connectivity index (χ4v) is 2.21. The van der Waals surface area contributed by atoms with E-state index in [1.165, 1.54) is 6.07 Å². The fraction of sp³-hybridized carbons (Fsp3) is 0.267. The van der Waals surface area contributed by atoms with Crippen molar-refractivity contribution in [1.82, 2.24) is 19.8 Å². The van der Waals surface area contributed by atoms with Crippen LogP contribution in [0.4, 0.5) is 19.0 Å². The van der Waals surface area contributed by atoms with Crippen molar-refractivity contribution in [1.29, 1.82) is 0 Å². The second-order valence-electron chi connectivity index (χ2n) is 5.32. The molecular formula is C15H14F3N5. The van der Waals surface area contributed by atoms with Gasteiger partial charge >= 0.3 is 6.18 Å². The second-order valence-corrected chi connectivity index (χ2v) is 5.32. The molecule has 1 aromatic carbocycles. The van der Waals surface area contributed by atoms with Crippen molar-refractivity contribution >= 4 is 11.5 Å². The van der Waals surface area contributed by atoms with Gasteiger partial charge in [0.05, 0.1) is 0 Å². The first-order valence-corrected chi connectivity index (χ1v) is 6.91. The van der Waals surface area contributed by atoms with Gasteiger partial charge in [-0.25, -0.2) is 0 Å². The Balaban J connectivity index is 1.91. The number of aryl methyl sites for hydroxylation is 1. The largest absolute Gasteiger partial charge is 0.453 e. The van der Waals surface area contributed by atoms with E-state index in [0.29, 0.717) is 12.4 Å². The summed E-state index contributed by atoms with van der Waals surface area (Å²) in [4.78, 5) is 1.77. The summed E-state index contributed by atoms with van der Waals surface area (Å²) >= 11 is 0. The summed E-state index contributed by atoms with van der Waals surface area (Å²) in [6.07, 6.45) is -4.60. The Hall–Kier alpha value is -2.64. The first-order chi connectivity index (χ1) is 10.8. The van der Waals surface area contributed by atoms with Crippen LogP contribution in [-0.4, -0.2) is 26.9 Å². The van der Waals surface area contributed by atoms with Crippen molar-refractivity contribution < 1.29 is 13.2 Å². The van der Waals surface area contributed by atoms with Gasteiger partial charge in [-0.1, -0.05) is 29.8 Å². The molecule has 3 rings (SSSR count). The minimum absolute atomic E-state index is 0.0600. The van der Waals surface area contributed by atoms with Gasteiger partial charge in [0.15, 0.2) is 5.65 Å². The maximum Gasteiger partial charge on any atom is 0.453 e. The van der Waals surface area contributed by atoms with Crippen LogP contribution in [0.15, 0.2) is 36.4 Å². The average molecular weight is 321 g/mol. The van der Waals surface area contributed by atoms with Crippen molar-refractivity contribution in [3.63, 3.8) is 0 Å². The lowest BCUT2D eigenvalue weighted by Gasteiger charge is -2.18. The van der Waals surface area contributed by atoms with Crippen molar-refractivity contribution in [2.45, 2.75) is 19.6 Å². The van der Waals surface area contributed by atoms with E-state index in [0.717, 1.165) is 15.6 Å². The van der Waals surface area contributed by atoms with Crippen molar-refractivity contribution in [2.24, 2.45) is 0 Å². The van der Waals surface area contributed by atoms with E-state index >= 15 is 0 Å². The normalized spacial score (nSPS) is 11.9. The molecular weight excluding hydrogens is 307 g/mol. The third-order valence-electron chi connectivity index (χ3n) is 3.43. The Kier molecular flexibility index (Phi) is 3.67. The van der Waals surface area contributed by atoms with E-state index < -0.39 is 12.0 Å². The summed E-state index contributed by atoms with van der Waals surface area (Å²) in [7, 11) is 1.77. The van der Waals surface area contributed by atoms with Crippen molar-refractivity contribution in [3.05, 3.63) is 53.3 Å². The van der Waals surface area contributed by atoms with Crippen LogP contribution in [-0.2, 0) is 12.7 Å². The van der Waals surface area contributed by atoms with Gasteiger partial charge in [0, 0.05) is 13.6 Å². The maximum absolute atomic E-state index is 12.9. The molecule has 120 valence electrons. The van der Waals surface area contributed by atoms with Gasteiger partial charge in [-0.15, -0.1) is 15.3 Å². The minimum atomic E-state index is -4.60. The van der Waals surface area contributed by atoms with Crippen molar-refractivity contribution in [3.8, 4) is 0 Å². The summed E-state index contributed by atoms with van der Waals surface area (Å²) in [5.74, 6) is -0.721. The molecule has 23 heavy (non-hydrogen) atoms. The lowest BCUT2D eigenvalue weighted by atomic mass is 10.1. The molecule has 2 aromatic heterocycles. The number of fused-ring (bicyclic) bond motifs is 1. The molecule has 0 spiro atoms. The average Bonchev–Trinajstić information content (AvgIpc) is 2.92. The van der Waals surface area contributed by atoms with E-state index in [9.17, 15) is 13.2 Å². The fourth-order valence-electron chi connectivity index (χ4n) is 2.21. The Labute approximate surface area is 130 Å². The van der Waals surface area contributed by atoms with E-state index in [-0.39, 0.29) is 5.65 Å². The molecule has 0 N–H and O–H groups in total. The minimum Gasteiger partial charge on any atom is -0.354 e. The Morgan fingerprint density at radius 2 is 1.74 bits per heavy atom. The summed E-state index contributed by atoms with van der Waals surface area (Å²) < 4.78 is 39.4.